The van der Waals surface area contributed by atoms with Crippen LogP contribution in [-0.4, -0.2) is 41.0 Å². The molecule has 1 aliphatic carbocycles. The lowest BCUT2D eigenvalue weighted by molar-refractivity contribution is -0.131. The lowest BCUT2D eigenvalue weighted by atomic mass is 10.1. The molecule has 2 amide bonds. The molecular weight excluding hydrogens is 360 g/mol. The predicted molar refractivity (Wildman–Crippen MR) is 102 cm³/mol. The molecule has 1 aliphatic rings. The minimum absolute atomic E-state index is 0.0523. The molecule has 4 N–H and O–H groups in total. The molecule has 3 rings (SSSR count). The van der Waals surface area contributed by atoms with E-state index in [4.69, 9.17) is 9.84 Å². The summed E-state index contributed by atoms with van der Waals surface area (Å²) in [5, 5.41) is 24.2. The molecule has 0 radical (unpaired) electrons. The summed E-state index contributed by atoms with van der Waals surface area (Å²) < 4.78 is 5.57. The standard InChI is InChI=1S/C21H24N2O5/c24-11-10-17(25)20(26)23-19-16-9-5-4-8-15(16)12-18(19)28-21(27)22-13-14-6-2-1-3-7-14/h1-9,17-19,24-25H,10-13H2,(H,22,27)(H,23,26)/t17-,18+,19+/m0/s1. The number of fused-ring (bicyclic) bond motifs is 1. The van der Waals surface area contributed by atoms with Crippen molar-refractivity contribution >= 4 is 12.0 Å². The summed E-state index contributed by atoms with van der Waals surface area (Å²) in [5.74, 6) is -0.603. The Bertz CT molecular complexity index is 811. The van der Waals surface area contributed by atoms with E-state index in [1.165, 1.54) is 0 Å². The van der Waals surface area contributed by atoms with E-state index in [-0.39, 0.29) is 13.0 Å². The van der Waals surface area contributed by atoms with Gasteiger partial charge in [0.05, 0.1) is 6.04 Å². The van der Waals surface area contributed by atoms with Gasteiger partial charge in [-0.15, -0.1) is 0 Å². The number of nitrogens with one attached hydrogen (secondary N) is 2. The molecule has 0 aromatic heterocycles. The van der Waals surface area contributed by atoms with E-state index in [1.807, 2.05) is 54.6 Å². The highest BCUT2D eigenvalue weighted by Gasteiger charge is 2.37. The summed E-state index contributed by atoms with van der Waals surface area (Å²) >= 11 is 0. The second kappa shape index (κ2) is 9.34. The highest BCUT2D eigenvalue weighted by Crippen LogP contribution is 2.33. The highest BCUT2D eigenvalue weighted by molar-refractivity contribution is 5.81. The number of hydrogen-bond acceptors (Lipinski definition) is 5. The van der Waals surface area contributed by atoms with Crippen molar-refractivity contribution in [1.82, 2.24) is 10.6 Å². The quantitative estimate of drug-likeness (QED) is 0.578. The molecule has 0 heterocycles. The number of amides is 2. The number of carbonyl (C=O) groups excluding carboxylic acids is 2. The lowest BCUT2D eigenvalue weighted by Crippen LogP contribution is -2.42. The molecule has 2 aromatic carbocycles. The number of alkyl carbamates (subject to hydrolysis) is 1. The summed E-state index contributed by atoms with van der Waals surface area (Å²) in [6.07, 6.45) is -2.06. The predicted octanol–water partition coefficient (Wildman–Crippen LogP) is 1.44. The normalized spacial score (nSPS) is 18.8. The fraction of sp³-hybridized carbons (Fsp3) is 0.333. The van der Waals surface area contributed by atoms with E-state index >= 15 is 0 Å². The smallest absolute Gasteiger partial charge is 0.407 e. The number of ether oxygens (including phenoxy) is 1. The molecule has 0 spiro atoms. The van der Waals surface area contributed by atoms with Crippen LogP contribution in [0, 0.1) is 0 Å². The summed E-state index contributed by atoms with van der Waals surface area (Å²) in [7, 11) is 0. The Morgan fingerprint density at radius 3 is 2.57 bits per heavy atom. The maximum Gasteiger partial charge on any atom is 0.407 e. The van der Waals surface area contributed by atoms with Crippen molar-refractivity contribution in [2.75, 3.05) is 6.61 Å². The molecule has 0 fully saturated rings. The van der Waals surface area contributed by atoms with E-state index in [9.17, 15) is 14.7 Å². The Morgan fingerprint density at radius 2 is 1.82 bits per heavy atom. The first-order valence-electron chi connectivity index (χ1n) is 9.24. The molecule has 0 bridgehead atoms. The summed E-state index contributed by atoms with van der Waals surface area (Å²) in [6.45, 7) is 0.0449. The van der Waals surface area contributed by atoms with Gasteiger partial charge in [-0.25, -0.2) is 4.79 Å². The molecule has 0 aliphatic heterocycles. The van der Waals surface area contributed by atoms with Crippen LogP contribution in [0.15, 0.2) is 54.6 Å². The Kier molecular flexibility index (Phi) is 6.62. The zero-order valence-corrected chi connectivity index (χ0v) is 15.4. The number of benzene rings is 2. The second-order valence-electron chi connectivity index (χ2n) is 6.70. The van der Waals surface area contributed by atoms with Crippen molar-refractivity contribution in [3.8, 4) is 0 Å². The molecule has 0 unspecified atom stereocenters. The van der Waals surface area contributed by atoms with Crippen molar-refractivity contribution < 1.29 is 24.5 Å². The number of aliphatic hydroxyl groups is 2. The van der Waals surface area contributed by atoms with Crippen LogP contribution in [0.4, 0.5) is 4.79 Å². The topological polar surface area (TPSA) is 108 Å². The summed E-state index contributed by atoms with van der Waals surface area (Å²) in [4.78, 5) is 24.5. The van der Waals surface area contributed by atoms with Crippen molar-refractivity contribution in [3.63, 3.8) is 0 Å². The summed E-state index contributed by atoms with van der Waals surface area (Å²) in [6, 6.07) is 16.4. The average Bonchev–Trinajstić information content (AvgIpc) is 3.04. The largest absolute Gasteiger partial charge is 0.443 e. The van der Waals surface area contributed by atoms with E-state index in [0.717, 1.165) is 16.7 Å². The van der Waals surface area contributed by atoms with Gasteiger partial charge in [0, 0.05) is 26.0 Å². The second-order valence-corrected chi connectivity index (χ2v) is 6.70. The fourth-order valence-corrected chi connectivity index (χ4v) is 3.29. The van der Waals surface area contributed by atoms with Crippen molar-refractivity contribution in [2.45, 2.75) is 37.6 Å². The van der Waals surface area contributed by atoms with Gasteiger partial charge in [-0.05, 0) is 16.7 Å². The van der Waals surface area contributed by atoms with Crippen LogP contribution in [0.5, 0.6) is 0 Å². The Labute approximate surface area is 163 Å². The van der Waals surface area contributed by atoms with E-state index in [0.29, 0.717) is 13.0 Å². The van der Waals surface area contributed by atoms with E-state index in [2.05, 4.69) is 10.6 Å². The van der Waals surface area contributed by atoms with Gasteiger partial charge in [-0.1, -0.05) is 54.6 Å². The van der Waals surface area contributed by atoms with Gasteiger partial charge in [0.2, 0.25) is 5.91 Å². The fourth-order valence-electron chi connectivity index (χ4n) is 3.29. The van der Waals surface area contributed by atoms with E-state index < -0.39 is 30.3 Å². The maximum atomic E-state index is 12.3. The van der Waals surface area contributed by atoms with Gasteiger partial charge in [0.25, 0.3) is 0 Å². The van der Waals surface area contributed by atoms with Gasteiger partial charge < -0.3 is 25.6 Å². The first-order chi connectivity index (χ1) is 13.6. The SMILES string of the molecule is O=C(NCc1ccccc1)O[C@@H]1Cc2ccccc2[C@H]1NC(=O)[C@@H](O)CCO. The molecule has 0 saturated heterocycles. The van der Waals surface area contributed by atoms with Crippen molar-refractivity contribution in [3.05, 3.63) is 71.3 Å². The molecule has 0 saturated carbocycles. The average molecular weight is 384 g/mol. The molecule has 7 heteroatoms. The van der Waals surface area contributed by atoms with Crippen LogP contribution in [0.1, 0.15) is 29.2 Å². The lowest BCUT2D eigenvalue weighted by Gasteiger charge is -2.23. The molecule has 28 heavy (non-hydrogen) atoms. The molecule has 2 aromatic rings. The van der Waals surface area contributed by atoms with Gasteiger partial charge in [-0.3, -0.25) is 4.79 Å². The number of aliphatic hydroxyl groups excluding tert-OH is 2. The molecule has 7 nitrogen and oxygen atoms in total. The van der Waals surface area contributed by atoms with Crippen LogP contribution < -0.4 is 10.6 Å². The van der Waals surface area contributed by atoms with Gasteiger partial charge >= 0.3 is 6.09 Å². The number of hydrogen-bond donors (Lipinski definition) is 4. The molecule has 3 atom stereocenters. The summed E-state index contributed by atoms with van der Waals surface area (Å²) in [5.41, 5.74) is 2.78. The van der Waals surface area contributed by atoms with Crippen LogP contribution in [0.2, 0.25) is 0 Å². The molecular formula is C21H24N2O5. The Morgan fingerprint density at radius 1 is 1.11 bits per heavy atom. The number of carbonyl (C=O) groups is 2. The van der Waals surface area contributed by atoms with Gasteiger partial charge in [0.15, 0.2) is 0 Å². The minimum atomic E-state index is -1.31. The van der Waals surface area contributed by atoms with Crippen LogP contribution in [-0.2, 0) is 22.5 Å². The first kappa shape index (κ1) is 19.9. The van der Waals surface area contributed by atoms with Gasteiger partial charge in [-0.2, -0.15) is 0 Å². The zero-order chi connectivity index (χ0) is 19.9. The molecule has 148 valence electrons. The zero-order valence-electron chi connectivity index (χ0n) is 15.4. The third-order valence-electron chi connectivity index (χ3n) is 4.72. The van der Waals surface area contributed by atoms with Crippen molar-refractivity contribution in [2.24, 2.45) is 0 Å². The highest BCUT2D eigenvalue weighted by atomic mass is 16.6. The van der Waals surface area contributed by atoms with Crippen LogP contribution in [0.25, 0.3) is 0 Å². The monoisotopic (exact) mass is 384 g/mol. The van der Waals surface area contributed by atoms with Crippen LogP contribution >= 0.6 is 0 Å². The third-order valence-corrected chi connectivity index (χ3v) is 4.72. The van der Waals surface area contributed by atoms with E-state index in [1.54, 1.807) is 0 Å². The number of rotatable bonds is 7. The Balaban J connectivity index is 1.65. The minimum Gasteiger partial charge on any atom is -0.443 e. The maximum absolute atomic E-state index is 12.3. The Hall–Kier alpha value is -2.90. The first-order valence-corrected chi connectivity index (χ1v) is 9.24. The van der Waals surface area contributed by atoms with Crippen LogP contribution in [0.3, 0.4) is 0 Å². The third kappa shape index (κ3) is 4.88. The van der Waals surface area contributed by atoms with Gasteiger partial charge in [0.1, 0.15) is 12.2 Å². The van der Waals surface area contributed by atoms with Crippen molar-refractivity contribution in [1.29, 1.82) is 0 Å².